The number of amidine groups is 2. The Morgan fingerprint density at radius 3 is 1.35 bits per heavy atom. The number of benzene rings is 6. The van der Waals surface area contributed by atoms with Gasteiger partial charge in [-0.25, -0.2) is 24.9 Å². The first kappa shape index (κ1) is 28.9. The number of aliphatic imine (C=N–C) groups is 2. The lowest BCUT2D eigenvalue weighted by atomic mass is 9.94. The van der Waals surface area contributed by atoms with Gasteiger partial charge in [-0.2, -0.15) is 0 Å². The fourth-order valence-corrected chi connectivity index (χ4v) is 5.88. The van der Waals surface area contributed by atoms with Crippen LogP contribution in [0.25, 0.3) is 45.3 Å². The van der Waals surface area contributed by atoms with Crippen LogP contribution in [0.1, 0.15) is 22.9 Å². The lowest BCUT2D eigenvalue weighted by Gasteiger charge is -2.25. The molecule has 1 aliphatic rings. The summed E-state index contributed by atoms with van der Waals surface area (Å²) in [6.45, 7) is 0. The molecule has 0 spiro atoms. The van der Waals surface area contributed by atoms with Gasteiger partial charge in [-0.15, -0.1) is 0 Å². The molecule has 6 heteroatoms. The summed E-state index contributed by atoms with van der Waals surface area (Å²) in [7, 11) is 0. The van der Waals surface area contributed by atoms with E-state index in [0.29, 0.717) is 23.3 Å². The van der Waals surface area contributed by atoms with Gasteiger partial charge in [0.25, 0.3) is 0 Å². The van der Waals surface area contributed by atoms with E-state index in [-0.39, 0.29) is 6.17 Å². The fourth-order valence-electron chi connectivity index (χ4n) is 5.88. The monoisotopic (exact) mass is 618 g/mol. The minimum absolute atomic E-state index is 0.303. The van der Waals surface area contributed by atoms with Crippen molar-refractivity contribution in [2.24, 2.45) is 9.98 Å². The third-order valence-electron chi connectivity index (χ3n) is 8.23. The van der Waals surface area contributed by atoms with Crippen LogP contribution < -0.4 is 5.32 Å². The van der Waals surface area contributed by atoms with Gasteiger partial charge in [-0.05, 0) is 16.7 Å². The summed E-state index contributed by atoms with van der Waals surface area (Å²) in [6, 6.07) is 57.1. The first-order valence-corrected chi connectivity index (χ1v) is 15.9. The molecule has 228 valence electrons. The molecule has 1 N–H and O–H groups in total. The maximum Gasteiger partial charge on any atom is 0.164 e. The molecule has 6 nitrogen and oxygen atoms in total. The van der Waals surface area contributed by atoms with Gasteiger partial charge in [-0.3, -0.25) is 0 Å². The molecule has 7 aromatic rings. The standard InChI is InChI=1S/C42H30N6/c1-5-17-29(18-6-1)37-43-38(30-19-7-2-8-20-30)46-41(45-37)35-27-15-13-25-33(35)34-26-14-16-28-36(34)42-47-39(31-21-9-3-10-22-31)44-40(48-42)32-23-11-4-12-24-32/h1-28,37H,(H,43,45,46). The predicted molar refractivity (Wildman–Crippen MR) is 193 cm³/mol. The topological polar surface area (TPSA) is 75.4 Å². The Morgan fingerprint density at radius 1 is 0.375 bits per heavy atom. The van der Waals surface area contributed by atoms with Gasteiger partial charge < -0.3 is 5.32 Å². The quantitative estimate of drug-likeness (QED) is 0.193. The van der Waals surface area contributed by atoms with Crippen LogP contribution in [0.4, 0.5) is 0 Å². The van der Waals surface area contributed by atoms with Crippen molar-refractivity contribution in [3.8, 4) is 45.3 Å². The van der Waals surface area contributed by atoms with Crippen molar-refractivity contribution >= 4 is 11.7 Å². The number of hydrogen-bond donors (Lipinski definition) is 1. The van der Waals surface area contributed by atoms with Crippen molar-refractivity contribution in [1.82, 2.24) is 20.3 Å². The average Bonchev–Trinajstić information content (AvgIpc) is 3.19. The summed E-state index contributed by atoms with van der Waals surface area (Å²) >= 11 is 0. The molecule has 1 aromatic heterocycles. The number of nitrogens with zero attached hydrogens (tertiary/aromatic N) is 5. The van der Waals surface area contributed by atoms with Crippen molar-refractivity contribution < 1.29 is 0 Å². The highest BCUT2D eigenvalue weighted by atomic mass is 15.2. The Morgan fingerprint density at radius 2 is 0.792 bits per heavy atom. The van der Waals surface area contributed by atoms with Crippen LogP contribution in [-0.2, 0) is 0 Å². The van der Waals surface area contributed by atoms with Crippen LogP contribution in [-0.4, -0.2) is 26.6 Å². The van der Waals surface area contributed by atoms with Crippen LogP contribution in [0, 0.1) is 0 Å². The second-order valence-electron chi connectivity index (χ2n) is 11.4. The molecule has 0 bridgehead atoms. The average molecular weight is 619 g/mol. The Balaban J connectivity index is 1.28. The predicted octanol–water partition coefficient (Wildman–Crippen LogP) is 9.04. The van der Waals surface area contributed by atoms with Crippen LogP contribution in [0.15, 0.2) is 180 Å². The maximum atomic E-state index is 5.11. The van der Waals surface area contributed by atoms with Crippen LogP contribution in [0.3, 0.4) is 0 Å². The summed E-state index contributed by atoms with van der Waals surface area (Å²) in [6.07, 6.45) is -0.303. The lowest BCUT2D eigenvalue weighted by molar-refractivity contribution is 0.674. The minimum atomic E-state index is -0.303. The number of nitrogens with one attached hydrogen (secondary N) is 1. The van der Waals surface area contributed by atoms with E-state index < -0.39 is 0 Å². The maximum absolute atomic E-state index is 5.11. The van der Waals surface area contributed by atoms with Crippen molar-refractivity contribution in [1.29, 1.82) is 0 Å². The van der Waals surface area contributed by atoms with E-state index >= 15 is 0 Å². The zero-order chi connectivity index (χ0) is 32.1. The van der Waals surface area contributed by atoms with Crippen molar-refractivity contribution in [2.45, 2.75) is 6.17 Å². The molecule has 1 atom stereocenters. The van der Waals surface area contributed by atoms with Gasteiger partial charge in [0.05, 0.1) is 0 Å². The third-order valence-corrected chi connectivity index (χ3v) is 8.23. The largest absolute Gasteiger partial charge is 0.344 e. The highest BCUT2D eigenvalue weighted by Gasteiger charge is 2.24. The van der Waals surface area contributed by atoms with E-state index in [1.54, 1.807) is 0 Å². The van der Waals surface area contributed by atoms with E-state index in [1.807, 2.05) is 127 Å². The molecule has 8 rings (SSSR count). The van der Waals surface area contributed by atoms with Crippen LogP contribution >= 0.6 is 0 Å². The first-order valence-electron chi connectivity index (χ1n) is 15.9. The van der Waals surface area contributed by atoms with E-state index in [0.717, 1.165) is 50.3 Å². The number of hydrogen-bond acceptors (Lipinski definition) is 6. The van der Waals surface area contributed by atoms with Gasteiger partial charge in [0.2, 0.25) is 0 Å². The fraction of sp³-hybridized carbons (Fsp3) is 0.0238. The molecule has 1 aliphatic heterocycles. The Hall–Kier alpha value is -6.53. The van der Waals surface area contributed by atoms with Gasteiger partial charge in [0.15, 0.2) is 23.3 Å². The second kappa shape index (κ2) is 13.1. The van der Waals surface area contributed by atoms with Crippen LogP contribution in [0.2, 0.25) is 0 Å². The van der Waals surface area contributed by atoms with Gasteiger partial charge in [-0.1, -0.05) is 170 Å². The van der Waals surface area contributed by atoms with Crippen molar-refractivity contribution in [3.05, 3.63) is 187 Å². The molecular weight excluding hydrogens is 589 g/mol. The number of aromatic nitrogens is 3. The summed E-state index contributed by atoms with van der Waals surface area (Å²) in [5.41, 5.74) is 7.72. The molecule has 1 unspecified atom stereocenters. The number of rotatable bonds is 7. The summed E-state index contributed by atoms with van der Waals surface area (Å²) in [5.74, 6) is 3.26. The Kier molecular flexibility index (Phi) is 7.87. The smallest absolute Gasteiger partial charge is 0.164 e. The zero-order valence-corrected chi connectivity index (χ0v) is 26.0. The van der Waals surface area contributed by atoms with E-state index in [2.05, 4.69) is 47.8 Å². The molecule has 6 aromatic carbocycles. The minimum Gasteiger partial charge on any atom is -0.344 e. The molecule has 0 radical (unpaired) electrons. The summed E-state index contributed by atoms with van der Waals surface area (Å²) in [5, 5.41) is 3.64. The molecule has 48 heavy (non-hydrogen) atoms. The highest BCUT2D eigenvalue weighted by Crippen LogP contribution is 2.35. The molecule has 0 fully saturated rings. The zero-order valence-electron chi connectivity index (χ0n) is 26.0. The molecule has 0 saturated carbocycles. The molecule has 2 heterocycles. The van der Waals surface area contributed by atoms with E-state index in [9.17, 15) is 0 Å². The van der Waals surface area contributed by atoms with Crippen LogP contribution in [0.5, 0.6) is 0 Å². The SMILES string of the molecule is c1ccc(C2=NC(c3ccccc3)NC(c3ccccc3-c3ccccc3-c3nc(-c4ccccc4)nc(-c4ccccc4)n3)=N2)cc1. The summed E-state index contributed by atoms with van der Waals surface area (Å²) < 4.78 is 0. The first-order chi connectivity index (χ1) is 23.8. The Bertz CT molecular complexity index is 2190. The van der Waals surface area contributed by atoms with Gasteiger partial charge in [0.1, 0.15) is 12.0 Å². The highest BCUT2D eigenvalue weighted by molar-refractivity contribution is 6.15. The normalized spacial score (nSPS) is 14.0. The Labute approximate surface area is 279 Å². The molecule has 0 amide bonds. The van der Waals surface area contributed by atoms with E-state index in [4.69, 9.17) is 24.9 Å². The summed E-state index contributed by atoms with van der Waals surface area (Å²) in [4.78, 5) is 25.1. The third kappa shape index (κ3) is 5.90. The van der Waals surface area contributed by atoms with Crippen molar-refractivity contribution in [3.63, 3.8) is 0 Å². The van der Waals surface area contributed by atoms with Crippen molar-refractivity contribution in [2.75, 3.05) is 0 Å². The van der Waals surface area contributed by atoms with Gasteiger partial charge in [0, 0.05) is 27.8 Å². The molecular formula is C42H30N6. The molecule has 0 aliphatic carbocycles. The lowest BCUT2D eigenvalue weighted by Crippen LogP contribution is -2.34. The second-order valence-corrected chi connectivity index (χ2v) is 11.4. The van der Waals surface area contributed by atoms with E-state index in [1.165, 1.54) is 0 Å². The van der Waals surface area contributed by atoms with Gasteiger partial charge >= 0.3 is 0 Å². The molecule has 0 saturated heterocycles.